The number of rotatable bonds is 2. The second kappa shape index (κ2) is 10.1. The van der Waals surface area contributed by atoms with Gasteiger partial charge in [0.2, 0.25) is 0 Å². The number of allylic oxidation sites excluding steroid dienone is 12. The Morgan fingerprint density at radius 3 is 1.81 bits per heavy atom. The van der Waals surface area contributed by atoms with Crippen molar-refractivity contribution in [2.24, 2.45) is 34.0 Å². The molecule has 6 atom stereocenters. The molecule has 5 aromatic heterocycles. The summed E-state index contributed by atoms with van der Waals surface area (Å²) in [4.78, 5) is 14.6. The third-order valence-electron chi connectivity index (χ3n) is 15.4. The number of pyridine rings is 3. The lowest BCUT2D eigenvalue weighted by Gasteiger charge is -2.69. The van der Waals surface area contributed by atoms with Gasteiger partial charge < -0.3 is 9.13 Å². The molecule has 3 fully saturated rings. The Morgan fingerprint density at radius 1 is 0.574 bits per heavy atom. The van der Waals surface area contributed by atoms with E-state index in [1.165, 1.54) is 22.1 Å². The van der Waals surface area contributed by atoms with E-state index in [9.17, 15) is 0 Å². The summed E-state index contributed by atoms with van der Waals surface area (Å²) in [5.41, 5.74) is 14.9. The van der Waals surface area contributed by atoms with Gasteiger partial charge in [-0.25, -0.2) is 0 Å². The standard InChI is InChI=1S/C48H44BN5/c1-46(2)29-12-7-13-30-40(29)49-41-31(46)14-8-15-32(41)48(5,6)39-35(22-20-33(42(39)49)47(30,3)4)54-34-21-19-27(26-28(34)43-36(54)16-9-23-50-43)53-37-17-10-24-51-44(37)45-38(53)18-11-25-52-45/h7-26,29,31,39-42H,1-6H3. The summed E-state index contributed by atoms with van der Waals surface area (Å²) >= 11 is 0. The number of benzene rings is 1. The molecule has 0 N–H and O–H groups in total. The lowest BCUT2D eigenvalue weighted by molar-refractivity contribution is 0.120. The third-order valence-corrected chi connectivity index (χ3v) is 15.4. The monoisotopic (exact) mass is 701 g/mol. The van der Waals surface area contributed by atoms with Crippen LogP contribution in [-0.2, 0) is 0 Å². The van der Waals surface area contributed by atoms with E-state index in [0.29, 0.717) is 41.9 Å². The van der Waals surface area contributed by atoms with Crippen LogP contribution in [0.15, 0.2) is 139 Å². The van der Waals surface area contributed by atoms with Crippen LogP contribution in [0.25, 0.3) is 55.4 Å². The van der Waals surface area contributed by atoms with E-state index < -0.39 is 0 Å². The van der Waals surface area contributed by atoms with Crippen LogP contribution in [-0.4, -0.2) is 30.8 Å². The molecule has 264 valence electrons. The topological polar surface area (TPSA) is 48.5 Å². The van der Waals surface area contributed by atoms with Crippen molar-refractivity contribution < 1.29 is 0 Å². The van der Waals surface area contributed by atoms with Crippen molar-refractivity contribution in [2.75, 3.05) is 0 Å². The molecular weight excluding hydrogens is 657 g/mol. The molecule has 0 spiro atoms. The van der Waals surface area contributed by atoms with Gasteiger partial charge in [-0.15, -0.1) is 0 Å². The zero-order valence-corrected chi connectivity index (χ0v) is 31.8. The Kier molecular flexibility index (Phi) is 5.82. The molecule has 3 aliphatic carbocycles. The van der Waals surface area contributed by atoms with Gasteiger partial charge in [-0.2, -0.15) is 0 Å². The van der Waals surface area contributed by atoms with Crippen LogP contribution in [0, 0.1) is 34.0 Å². The molecule has 12 rings (SSSR count). The Hall–Kier alpha value is -5.23. The van der Waals surface area contributed by atoms with E-state index >= 15 is 0 Å². The van der Waals surface area contributed by atoms with Gasteiger partial charge in [0.05, 0.1) is 27.6 Å². The highest BCUT2D eigenvalue weighted by Crippen LogP contribution is 2.77. The summed E-state index contributed by atoms with van der Waals surface area (Å²) in [6.45, 7) is 15.9. The summed E-state index contributed by atoms with van der Waals surface area (Å²) < 4.78 is 4.90. The van der Waals surface area contributed by atoms with Crippen LogP contribution in [0.5, 0.6) is 0 Å². The minimum Gasteiger partial charge on any atom is -0.311 e. The molecule has 0 bridgehead atoms. The number of aromatic nitrogens is 5. The molecule has 0 radical (unpaired) electrons. The molecule has 3 saturated heterocycles. The van der Waals surface area contributed by atoms with E-state index in [4.69, 9.17) is 15.0 Å². The average molecular weight is 702 g/mol. The minimum atomic E-state index is -0.0566. The molecule has 8 heterocycles. The van der Waals surface area contributed by atoms with Gasteiger partial charge in [0.25, 0.3) is 0 Å². The van der Waals surface area contributed by atoms with Crippen molar-refractivity contribution in [3.63, 3.8) is 0 Å². The van der Waals surface area contributed by atoms with Crippen LogP contribution >= 0.6 is 0 Å². The fourth-order valence-corrected chi connectivity index (χ4v) is 13.2. The van der Waals surface area contributed by atoms with Crippen LogP contribution in [0.4, 0.5) is 0 Å². The molecule has 0 saturated carbocycles. The predicted molar refractivity (Wildman–Crippen MR) is 223 cm³/mol. The van der Waals surface area contributed by atoms with Crippen molar-refractivity contribution in [3.8, 4) is 5.69 Å². The Labute approximate surface area is 316 Å². The van der Waals surface area contributed by atoms with E-state index in [1.807, 2.05) is 30.7 Å². The minimum absolute atomic E-state index is 0.0108. The second-order valence-corrected chi connectivity index (χ2v) is 18.6. The maximum atomic E-state index is 5.11. The normalized spacial score (nSPS) is 29.3. The van der Waals surface area contributed by atoms with Gasteiger partial charge in [0.1, 0.15) is 11.0 Å². The largest absolute Gasteiger partial charge is 0.311 e. The molecule has 0 amide bonds. The lowest BCUT2D eigenvalue weighted by atomic mass is 9.09. The summed E-state index contributed by atoms with van der Waals surface area (Å²) in [6, 6.07) is 19.7. The van der Waals surface area contributed by atoms with Crippen LogP contribution in [0.1, 0.15) is 41.5 Å². The fourth-order valence-electron chi connectivity index (χ4n) is 13.2. The Bertz CT molecular complexity index is 2800. The van der Waals surface area contributed by atoms with Crippen LogP contribution < -0.4 is 0 Å². The number of fused-ring (bicyclic) bond motifs is 6. The zero-order valence-electron chi connectivity index (χ0n) is 31.8. The van der Waals surface area contributed by atoms with Crippen molar-refractivity contribution >= 4 is 56.4 Å². The van der Waals surface area contributed by atoms with Gasteiger partial charge >= 0.3 is 0 Å². The zero-order chi connectivity index (χ0) is 36.5. The van der Waals surface area contributed by atoms with E-state index in [-0.39, 0.29) is 16.2 Å². The molecule has 54 heavy (non-hydrogen) atoms. The summed E-state index contributed by atoms with van der Waals surface area (Å²) in [5, 5.41) is 1.17. The molecule has 3 aliphatic heterocycles. The number of hydrogen-bond acceptors (Lipinski definition) is 3. The number of hydrogen-bond donors (Lipinski definition) is 0. The van der Waals surface area contributed by atoms with E-state index in [0.717, 1.165) is 33.3 Å². The molecule has 6 unspecified atom stereocenters. The van der Waals surface area contributed by atoms with E-state index in [2.05, 4.69) is 142 Å². The first-order valence-electron chi connectivity index (χ1n) is 19.9. The number of nitrogens with zero attached hydrogens (tertiary/aromatic N) is 5. The highest BCUT2D eigenvalue weighted by Gasteiger charge is 2.70. The van der Waals surface area contributed by atoms with Crippen molar-refractivity contribution in [1.82, 2.24) is 24.1 Å². The quantitative estimate of drug-likeness (QED) is 0.169. The summed E-state index contributed by atoms with van der Waals surface area (Å²) in [6.07, 6.45) is 25.7. The summed E-state index contributed by atoms with van der Waals surface area (Å²) in [7, 11) is 0. The molecule has 1 aromatic carbocycles. The van der Waals surface area contributed by atoms with Crippen LogP contribution in [0.3, 0.4) is 0 Å². The lowest BCUT2D eigenvalue weighted by Crippen LogP contribution is -2.64. The molecule has 5 nitrogen and oxygen atoms in total. The Morgan fingerprint density at radius 2 is 1.15 bits per heavy atom. The van der Waals surface area contributed by atoms with Gasteiger partial charge in [0, 0.05) is 46.7 Å². The highest BCUT2D eigenvalue weighted by atomic mass is 15.0. The predicted octanol–water partition coefficient (Wildman–Crippen LogP) is 11.4. The van der Waals surface area contributed by atoms with Crippen LogP contribution in [0.2, 0.25) is 17.5 Å². The first kappa shape index (κ1) is 31.2. The van der Waals surface area contributed by atoms with E-state index in [1.54, 1.807) is 16.7 Å². The Balaban J connectivity index is 1.12. The fraction of sp³-hybridized carbons (Fsp3) is 0.312. The van der Waals surface area contributed by atoms with Gasteiger partial charge in [-0.1, -0.05) is 101 Å². The molecule has 6 aromatic rings. The molecule has 6 heteroatoms. The van der Waals surface area contributed by atoms with Gasteiger partial charge in [-0.05, 0) is 101 Å². The molecule has 6 aliphatic rings. The van der Waals surface area contributed by atoms with Gasteiger partial charge in [-0.3, -0.25) is 15.0 Å². The first-order valence-corrected chi connectivity index (χ1v) is 19.9. The SMILES string of the molecule is CC1(C)C2=CC=C(n3c4ccc(-n5c6cccnc6c6ncccc65)cc4c4ncccc43)C3C2B2C4C1=CC=CC4C(C)(C)C1C=CC=C(C21)C3(C)C. The van der Waals surface area contributed by atoms with Crippen molar-refractivity contribution in [3.05, 3.63) is 139 Å². The summed E-state index contributed by atoms with van der Waals surface area (Å²) in [5.74, 6) is 2.86. The smallest absolute Gasteiger partial charge is 0.165 e. The average Bonchev–Trinajstić information content (AvgIpc) is 3.69. The maximum absolute atomic E-state index is 5.11. The van der Waals surface area contributed by atoms with Crippen molar-refractivity contribution in [2.45, 2.75) is 59.0 Å². The first-order chi connectivity index (χ1) is 26.1. The second-order valence-electron chi connectivity index (χ2n) is 18.6. The molecular formula is C48H44BN5. The maximum Gasteiger partial charge on any atom is 0.165 e. The van der Waals surface area contributed by atoms with Gasteiger partial charge in [0.15, 0.2) is 6.71 Å². The highest BCUT2D eigenvalue weighted by molar-refractivity contribution is 6.68. The van der Waals surface area contributed by atoms with Crippen molar-refractivity contribution in [1.29, 1.82) is 0 Å². The third kappa shape index (κ3) is 3.57.